The molecule has 0 aliphatic carbocycles. The molecule has 1 atom stereocenters. The number of rotatable bonds is 7. The molecule has 0 bridgehead atoms. The molecule has 1 aliphatic heterocycles. The first-order chi connectivity index (χ1) is 9.61. The topological polar surface area (TPSA) is 24.5 Å². The third kappa shape index (κ3) is 3.74. The first kappa shape index (κ1) is 15.3. The number of benzene rings is 1. The van der Waals surface area contributed by atoms with Gasteiger partial charge in [0.05, 0.1) is 6.61 Å². The highest BCUT2D eigenvalue weighted by atomic mass is 16.5. The van der Waals surface area contributed by atoms with E-state index in [1.807, 2.05) is 6.92 Å². The molecule has 2 rings (SSSR count). The highest BCUT2D eigenvalue weighted by molar-refractivity contribution is 5.58. The Hall–Kier alpha value is -1.06. The van der Waals surface area contributed by atoms with E-state index in [1.54, 1.807) is 0 Å². The zero-order chi connectivity index (χ0) is 14.5. The van der Waals surface area contributed by atoms with Gasteiger partial charge in [-0.1, -0.05) is 26.0 Å². The Balaban J connectivity index is 1.93. The molecular formula is C17H28N2O. The predicted molar refractivity (Wildman–Crippen MR) is 85.4 cm³/mol. The van der Waals surface area contributed by atoms with Gasteiger partial charge in [-0.3, -0.25) is 0 Å². The first-order valence-electron chi connectivity index (χ1n) is 7.76. The minimum atomic E-state index is 0.422. The third-order valence-electron chi connectivity index (χ3n) is 4.15. The summed E-state index contributed by atoms with van der Waals surface area (Å²) in [5.74, 6) is 0.585. The monoisotopic (exact) mass is 276 g/mol. The standard InChI is InChI=1S/C17H28N2O/c1-5-20-12-16(13(2)3)18-11-14-6-7-17-15(10-14)8-9-19(17)4/h6-7,10,13,16,18H,5,8-9,11-12H2,1-4H3. The number of fused-ring (bicyclic) bond motifs is 1. The number of nitrogens with zero attached hydrogens (tertiary/aromatic N) is 1. The average molecular weight is 276 g/mol. The maximum atomic E-state index is 5.56. The summed E-state index contributed by atoms with van der Waals surface area (Å²) in [6.45, 7) is 10.2. The Kier molecular flexibility index (Phi) is 5.44. The minimum Gasteiger partial charge on any atom is -0.380 e. The van der Waals surface area contributed by atoms with Gasteiger partial charge in [-0.2, -0.15) is 0 Å². The van der Waals surface area contributed by atoms with Crippen molar-refractivity contribution < 1.29 is 4.74 Å². The van der Waals surface area contributed by atoms with Crippen LogP contribution in [0.15, 0.2) is 18.2 Å². The minimum absolute atomic E-state index is 0.422. The van der Waals surface area contributed by atoms with Gasteiger partial charge >= 0.3 is 0 Å². The van der Waals surface area contributed by atoms with Crippen molar-refractivity contribution in [2.24, 2.45) is 5.92 Å². The molecule has 3 nitrogen and oxygen atoms in total. The van der Waals surface area contributed by atoms with Gasteiger partial charge in [-0.15, -0.1) is 0 Å². The molecule has 0 saturated carbocycles. The lowest BCUT2D eigenvalue weighted by atomic mass is 10.0. The van der Waals surface area contributed by atoms with Crippen molar-refractivity contribution in [2.75, 3.05) is 31.7 Å². The highest BCUT2D eigenvalue weighted by Gasteiger charge is 2.16. The number of ether oxygens (including phenoxy) is 1. The van der Waals surface area contributed by atoms with Crippen LogP contribution in [-0.4, -0.2) is 32.8 Å². The number of nitrogens with one attached hydrogen (secondary N) is 1. The SMILES string of the molecule is CCOCC(NCc1ccc2c(c1)CCN2C)C(C)C. The molecule has 112 valence electrons. The van der Waals surface area contributed by atoms with Gasteiger partial charge in [-0.25, -0.2) is 0 Å². The number of hydrogen-bond donors (Lipinski definition) is 1. The van der Waals surface area contributed by atoms with E-state index >= 15 is 0 Å². The van der Waals surface area contributed by atoms with Gasteiger partial charge in [0.2, 0.25) is 0 Å². The smallest absolute Gasteiger partial charge is 0.0622 e. The molecule has 0 fully saturated rings. The second-order valence-electron chi connectivity index (χ2n) is 6.03. The zero-order valence-corrected chi connectivity index (χ0v) is 13.3. The Morgan fingerprint density at radius 1 is 1.35 bits per heavy atom. The van der Waals surface area contributed by atoms with Gasteiger partial charge in [0.25, 0.3) is 0 Å². The van der Waals surface area contributed by atoms with E-state index in [0.717, 1.165) is 26.3 Å². The summed E-state index contributed by atoms with van der Waals surface area (Å²) < 4.78 is 5.56. The molecule has 1 aromatic carbocycles. The van der Waals surface area contributed by atoms with Crippen molar-refractivity contribution >= 4 is 5.69 Å². The van der Waals surface area contributed by atoms with Crippen molar-refractivity contribution in [3.05, 3.63) is 29.3 Å². The summed E-state index contributed by atoms with van der Waals surface area (Å²) >= 11 is 0. The average Bonchev–Trinajstić information content (AvgIpc) is 2.79. The van der Waals surface area contributed by atoms with Gasteiger partial charge in [0.1, 0.15) is 0 Å². The van der Waals surface area contributed by atoms with Crippen LogP contribution in [0.25, 0.3) is 0 Å². The van der Waals surface area contributed by atoms with Crippen LogP contribution in [0.1, 0.15) is 31.9 Å². The quantitative estimate of drug-likeness (QED) is 0.829. The summed E-state index contributed by atoms with van der Waals surface area (Å²) in [7, 11) is 2.17. The van der Waals surface area contributed by atoms with Gasteiger partial charge < -0.3 is 15.0 Å². The molecule has 0 saturated heterocycles. The van der Waals surface area contributed by atoms with Crippen LogP contribution in [0.4, 0.5) is 5.69 Å². The maximum Gasteiger partial charge on any atom is 0.0622 e. The van der Waals surface area contributed by atoms with Crippen LogP contribution in [0.3, 0.4) is 0 Å². The van der Waals surface area contributed by atoms with Crippen molar-refractivity contribution in [1.29, 1.82) is 0 Å². The molecule has 1 unspecified atom stereocenters. The van der Waals surface area contributed by atoms with E-state index in [4.69, 9.17) is 4.74 Å². The second kappa shape index (κ2) is 7.09. The molecule has 1 aliphatic rings. The fraction of sp³-hybridized carbons (Fsp3) is 0.647. The Morgan fingerprint density at radius 3 is 2.85 bits per heavy atom. The molecule has 3 heteroatoms. The molecule has 1 N–H and O–H groups in total. The van der Waals surface area contributed by atoms with Crippen molar-refractivity contribution in [1.82, 2.24) is 5.32 Å². The summed E-state index contributed by atoms with van der Waals surface area (Å²) in [6.07, 6.45) is 1.17. The van der Waals surface area contributed by atoms with E-state index in [2.05, 4.69) is 49.3 Å². The number of hydrogen-bond acceptors (Lipinski definition) is 3. The van der Waals surface area contributed by atoms with Gasteiger partial charge in [0.15, 0.2) is 0 Å². The van der Waals surface area contributed by atoms with E-state index in [-0.39, 0.29) is 0 Å². The van der Waals surface area contributed by atoms with Crippen molar-refractivity contribution in [3.63, 3.8) is 0 Å². The van der Waals surface area contributed by atoms with Crippen LogP contribution < -0.4 is 10.2 Å². The molecule has 0 radical (unpaired) electrons. The van der Waals surface area contributed by atoms with Crippen LogP contribution >= 0.6 is 0 Å². The lowest BCUT2D eigenvalue weighted by molar-refractivity contribution is 0.108. The normalized spacial score (nSPS) is 15.8. The fourth-order valence-electron chi connectivity index (χ4n) is 2.71. The maximum absolute atomic E-state index is 5.56. The van der Waals surface area contributed by atoms with Crippen LogP contribution in [-0.2, 0) is 17.7 Å². The highest BCUT2D eigenvalue weighted by Crippen LogP contribution is 2.27. The Labute approximate surface area is 123 Å². The van der Waals surface area contributed by atoms with Gasteiger partial charge in [-0.05, 0) is 36.5 Å². The number of likely N-dealkylation sites (N-methyl/N-ethyl adjacent to an activating group) is 1. The molecular weight excluding hydrogens is 248 g/mol. The zero-order valence-electron chi connectivity index (χ0n) is 13.3. The number of anilines is 1. The Bertz CT molecular complexity index is 431. The second-order valence-corrected chi connectivity index (χ2v) is 6.03. The summed E-state index contributed by atoms with van der Waals surface area (Å²) in [4.78, 5) is 2.33. The third-order valence-corrected chi connectivity index (χ3v) is 4.15. The molecule has 0 amide bonds. The van der Waals surface area contributed by atoms with Gasteiger partial charge in [0, 0.05) is 38.5 Å². The molecule has 0 aromatic heterocycles. The molecule has 1 aromatic rings. The van der Waals surface area contributed by atoms with Crippen molar-refractivity contribution in [3.8, 4) is 0 Å². The summed E-state index contributed by atoms with van der Waals surface area (Å²) in [6, 6.07) is 7.27. The summed E-state index contributed by atoms with van der Waals surface area (Å²) in [5.41, 5.74) is 4.25. The fourth-order valence-corrected chi connectivity index (χ4v) is 2.71. The van der Waals surface area contributed by atoms with E-state index in [9.17, 15) is 0 Å². The van der Waals surface area contributed by atoms with Crippen molar-refractivity contribution in [2.45, 2.75) is 39.8 Å². The molecule has 1 heterocycles. The molecule has 0 spiro atoms. The summed E-state index contributed by atoms with van der Waals surface area (Å²) in [5, 5.41) is 3.63. The largest absolute Gasteiger partial charge is 0.380 e. The van der Waals surface area contributed by atoms with E-state index in [0.29, 0.717) is 12.0 Å². The van der Waals surface area contributed by atoms with Crippen LogP contribution in [0.5, 0.6) is 0 Å². The molecule has 20 heavy (non-hydrogen) atoms. The lowest BCUT2D eigenvalue weighted by Crippen LogP contribution is -2.37. The predicted octanol–water partition coefficient (Wildman–Crippen LogP) is 2.83. The Morgan fingerprint density at radius 2 is 2.15 bits per heavy atom. The first-order valence-corrected chi connectivity index (χ1v) is 7.76. The van der Waals surface area contributed by atoms with E-state index < -0.39 is 0 Å². The lowest BCUT2D eigenvalue weighted by Gasteiger charge is -2.22. The van der Waals surface area contributed by atoms with Crippen LogP contribution in [0.2, 0.25) is 0 Å². The van der Waals surface area contributed by atoms with Crippen LogP contribution in [0, 0.1) is 5.92 Å². The van der Waals surface area contributed by atoms with E-state index in [1.165, 1.54) is 23.2 Å².